The van der Waals surface area contributed by atoms with Crippen LogP contribution in [-0.4, -0.2) is 24.2 Å². The number of ether oxygens (including phenoxy) is 1. The molecule has 0 aromatic heterocycles. The third kappa shape index (κ3) is 4.99. The van der Waals surface area contributed by atoms with E-state index in [0.717, 1.165) is 12.1 Å². The molecule has 0 aliphatic heterocycles. The van der Waals surface area contributed by atoms with Gasteiger partial charge in [0.1, 0.15) is 12.4 Å². The van der Waals surface area contributed by atoms with Gasteiger partial charge in [0.2, 0.25) is 0 Å². The molecule has 24 heavy (non-hydrogen) atoms. The largest absolute Gasteiger partial charge is 0.489 e. The number of amides is 1. The van der Waals surface area contributed by atoms with Gasteiger partial charge in [0.25, 0.3) is 5.91 Å². The molecule has 2 rings (SSSR count). The number of halogens is 3. The van der Waals surface area contributed by atoms with Crippen LogP contribution < -0.4 is 10.1 Å². The summed E-state index contributed by atoms with van der Waals surface area (Å²) >= 11 is 0. The fourth-order valence-electron chi connectivity index (χ4n) is 2.00. The van der Waals surface area contributed by atoms with Crippen molar-refractivity contribution in [3.05, 3.63) is 65.2 Å². The van der Waals surface area contributed by atoms with Gasteiger partial charge in [-0.2, -0.15) is 13.2 Å². The molecule has 2 aromatic carbocycles. The van der Waals surface area contributed by atoms with E-state index in [0.29, 0.717) is 16.9 Å². The third-order valence-electron chi connectivity index (χ3n) is 3.15. The van der Waals surface area contributed by atoms with Gasteiger partial charge in [0.05, 0.1) is 12.2 Å². The first-order valence-electron chi connectivity index (χ1n) is 7.18. The number of carbonyl (C=O) groups is 1. The highest BCUT2D eigenvalue weighted by molar-refractivity contribution is 5.94. The summed E-state index contributed by atoms with van der Waals surface area (Å²) in [6.07, 6.45) is -4.40. The van der Waals surface area contributed by atoms with E-state index < -0.39 is 11.7 Å². The monoisotopic (exact) mass is 339 g/mol. The Labute approximate surface area is 136 Å². The van der Waals surface area contributed by atoms with Crippen molar-refractivity contribution in [2.24, 2.45) is 0 Å². The predicted molar refractivity (Wildman–Crippen MR) is 81.6 cm³/mol. The standard InChI is InChI=1S/C17H16F3NO3/c18-17(19,20)14-5-1-3-12(9-14)11-24-15-6-2-4-13(10-15)16(23)21-7-8-22/h1-6,9-10,22H,7-8,11H2,(H,21,23). The quantitative estimate of drug-likeness (QED) is 0.851. The van der Waals surface area contributed by atoms with Gasteiger partial charge in [-0.1, -0.05) is 18.2 Å². The number of rotatable bonds is 6. The summed E-state index contributed by atoms with van der Waals surface area (Å²) in [6, 6.07) is 11.1. The van der Waals surface area contributed by atoms with Gasteiger partial charge in [-0.3, -0.25) is 4.79 Å². The number of nitrogens with one attached hydrogen (secondary N) is 1. The fraction of sp³-hybridized carbons (Fsp3) is 0.235. The average molecular weight is 339 g/mol. The molecule has 0 bridgehead atoms. The van der Waals surface area contributed by atoms with E-state index in [1.165, 1.54) is 18.2 Å². The molecule has 0 spiro atoms. The van der Waals surface area contributed by atoms with Crippen molar-refractivity contribution >= 4 is 5.91 Å². The van der Waals surface area contributed by atoms with E-state index in [-0.39, 0.29) is 25.7 Å². The summed E-state index contributed by atoms with van der Waals surface area (Å²) in [5.74, 6) is -0.00220. The maximum Gasteiger partial charge on any atom is 0.416 e. The van der Waals surface area contributed by atoms with Crippen LogP contribution in [0.15, 0.2) is 48.5 Å². The molecule has 0 heterocycles. The van der Waals surface area contributed by atoms with E-state index in [1.807, 2.05) is 0 Å². The highest BCUT2D eigenvalue weighted by atomic mass is 19.4. The van der Waals surface area contributed by atoms with Gasteiger partial charge in [-0.05, 0) is 35.9 Å². The zero-order chi connectivity index (χ0) is 17.6. The molecule has 0 saturated heterocycles. The minimum atomic E-state index is -4.40. The lowest BCUT2D eigenvalue weighted by Crippen LogP contribution is -2.26. The number of hydrogen-bond acceptors (Lipinski definition) is 3. The zero-order valence-electron chi connectivity index (χ0n) is 12.6. The molecular weight excluding hydrogens is 323 g/mol. The van der Waals surface area contributed by atoms with Gasteiger partial charge >= 0.3 is 6.18 Å². The molecule has 128 valence electrons. The molecule has 0 atom stereocenters. The predicted octanol–water partition coefficient (Wildman–Crippen LogP) is 3.01. The normalized spacial score (nSPS) is 11.2. The second-order valence-electron chi connectivity index (χ2n) is 4.99. The minimum absolute atomic E-state index is 0.0500. The van der Waals surface area contributed by atoms with E-state index >= 15 is 0 Å². The van der Waals surface area contributed by atoms with Crippen LogP contribution in [0.1, 0.15) is 21.5 Å². The smallest absolute Gasteiger partial charge is 0.416 e. The minimum Gasteiger partial charge on any atom is -0.489 e. The Hall–Kier alpha value is -2.54. The lowest BCUT2D eigenvalue weighted by Gasteiger charge is -2.11. The second kappa shape index (κ2) is 7.83. The molecule has 4 nitrogen and oxygen atoms in total. The lowest BCUT2D eigenvalue weighted by molar-refractivity contribution is -0.137. The zero-order valence-corrected chi connectivity index (χ0v) is 12.6. The number of hydrogen-bond donors (Lipinski definition) is 2. The molecule has 0 radical (unpaired) electrons. The van der Waals surface area contributed by atoms with Gasteiger partial charge < -0.3 is 15.2 Å². The van der Waals surface area contributed by atoms with Crippen molar-refractivity contribution in [2.75, 3.05) is 13.2 Å². The van der Waals surface area contributed by atoms with Gasteiger partial charge in [0, 0.05) is 12.1 Å². The molecule has 0 saturated carbocycles. The first-order valence-corrected chi connectivity index (χ1v) is 7.18. The topological polar surface area (TPSA) is 58.6 Å². The van der Waals surface area contributed by atoms with Crippen molar-refractivity contribution in [1.29, 1.82) is 0 Å². The summed E-state index contributed by atoms with van der Waals surface area (Å²) in [6.45, 7) is -0.0860. The van der Waals surface area contributed by atoms with Crippen LogP contribution in [0.5, 0.6) is 5.75 Å². The van der Waals surface area contributed by atoms with Crippen LogP contribution in [0, 0.1) is 0 Å². The average Bonchev–Trinajstić information content (AvgIpc) is 2.57. The molecule has 0 fully saturated rings. The summed E-state index contributed by atoms with van der Waals surface area (Å²) in [4.78, 5) is 11.8. The van der Waals surface area contributed by atoms with Gasteiger partial charge in [0.15, 0.2) is 0 Å². The Balaban J connectivity index is 2.03. The van der Waals surface area contributed by atoms with Crippen molar-refractivity contribution < 1.29 is 27.8 Å². The van der Waals surface area contributed by atoms with E-state index in [4.69, 9.17) is 9.84 Å². The number of aliphatic hydroxyl groups excluding tert-OH is 1. The molecule has 0 unspecified atom stereocenters. The van der Waals surface area contributed by atoms with Crippen molar-refractivity contribution in [3.63, 3.8) is 0 Å². The van der Waals surface area contributed by atoms with E-state index in [1.54, 1.807) is 18.2 Å². The number of benzene rings is 2. The summed E-state index contributed by atoms with van der Waals surface area (Å²) in [5, 5.41) is 11.2. The summed E-state index contributed by atoms with van der Waals surface area (Å²) < 4.78 is 43.5. The molecule has 2 aromatic rings. The fourth-order valence-corrected chi connectivity index (χ4v) is 2.00. The molecule has 0 aliphatic carbocycles. The summed E-state index contributed by atoms with van der Waals surface area (Å²) in [5.41, 5.74) is -0.0225. The maximum atomic E-state index is 12.7. The highest BCUT2D eigenvalue weighted by Gasteiger charge is 2.30. The number of alkyl halides is 3. The maximum absolute atomic E-state index is 12.7. The first kappa shape index (κ1) is 17.8. The van der Waals surface area contributed by atoms with Crippen LogP contribution >= 0.6 is 0 Å². The molecule has 7 heteroatoms. The third-order valence-corrected chi connectivity index (χ3v) is 3.15. The van der Waals surface area contributed by atoms with Crippen LogP contribution in [-0.2, 0) is 12.8 Å². The number of aliphatic hydroxyl groups is 1. The second-order valence-corrected chi connectivity index (χ2v) is 4.99. The Kier molecular flexibility index (Phi) is 5.81. The van der Waals surface area contributed by atoms with E-state index in [2.05, 4.69) is 5.32 Å². The van der Waals surface area contributed by atoms with E-state index in [9.17, 15) is 18.0 Å². The molecular formula is C17H16F3NO3. The number of carbonyl (C=O) groups excluding carboxylic acids is 1. The Morgan fingerprint density at radius 2 is 1.88 bits per heavy atom. The molecule has 2 N–H and O–H groups in total. The van der Waals surface area contributed by atoms with Gasteiger partial charge in [-0.25, -0.2) is 0 Å². The lowest BCUT2D eigenvalue weighted by atomic mass is 10.1. The highest BCUT2D eigenvalue weighted by Crippen LogP contribution is 2.29. The van der Waals surface area contributed by atoms with Crippen LogP contribution in [0.25, 0.3) is 0 Å². The molecule has 0 aliphatic rings. The van der Waals surface area contributed by atoms with Crippen LogP contribution in [0.3, 0.4) is 0 Å². The molecule has 1 amide bonds. The van der Waals surface area contributed by atoms with Gasteiger partial charge in [-0.15, -0.1) is 0 Å². The Morgan fingerprint density at radius 3 is 2.58 bits per heavy atom. The van der Waals surface area contributed by atoms with Crippen molar-refractivity contribution in [3.8, 4) is 5.75 Å². The SMILES string of the molecule is O=C(NCCO)c1cccc(OCc2cccc(C(F)(F)F)c2)c1. The van der Waals surface area contributed by atoms with Crippen molar-refractivity contribution in [2.45, 2.75) is 12.8 Å². The Morgan fingerprint density at radius 1 is 1.12 bits per heavy atom. The van der Waals surface area contributed by atoms with Crippen molar-refractivity contribution in [1.82, 2.24) is 5.32 Å². The van der Waals surface area contributed by atoms with Crippen LogP contribution in [0.2, 0.25) is 0 Å². The first-order chi connectivity index (χ1) is 11.4. The van der Waals surface area contributed by atoms with Crippen LogP contribution in [0.4, 0.5) is 13.2 Å². The Bertz CT molecular complexity index is 701. The summed E-state index contributed by atoms with van der Waals surface area (Å²) in [7, 11) is 0.